The molecule has 1 aromatic rings. The lowest BCUT2D eigenvalue weighted by molar-refractivity contribution is -0.0107. The molecule has 4 nitrogen and oxygen atoms in total. The van der Waals surface area contributed by atoms with Gasteiger partial charge >= 0.3 is 0 Å². The van der Waals surface area contributed by atoms with E-state index >= 15 is 0 Å². The van der Waals surface area contributed by atoms with Gasteiger partial charge in [-0.2, -0.15) is 0 Å². The maximum absolute atomic E-state index is 12.0. The Morgan fingerprint density at radius 1 is 1.50 bits per heavy atom. The molecule has 1 fully saturated rings. The summed E-state index contributed by atoms with van der Waals surface area (Å²) in [6.45, 7) is 4.41. The number of hydrogen-bond acceptors (Lipinski definition) is 3. The van der Waals surface area contributed by atoms with E-state index in [1.807, 2.05) is 0 Å². The third-order valence-electron chi connectivity index (χ3n) is 4.07. The lowest BCUT2D eigenvalue weighted by Gasteiger charge is -2.55. The molecule has 0 aliphatic heterocycles. The summed E-state index contributed by atoms with van der Waals surface area (Å²) in [6.07, 6.45) is 4.28. The van der Waals surface area contributed by atoms with Crippen molar-refractivity contribution in [3.8, 4) is 0 Å². The highest BCUT2D eigenvalue weighted by atomic mass is 16.1. The second-order valence-corrected chi connectivity index (χ2v) is 5.80. The van der Waals surface area contributed by atoms with Crippen LogP contribution >= 0.6 is 0 Å². The molecule has 1 aliphatic rings. The van der Waals surface area contributed by atoms with Crippen LogP contribution in [0.5, 0.6) is 0 Å². The Hall–Kier alpha value is -1.42. The summed E-state index contributed by atoms with van der Waals surface area (Å²) in [5.74, 6) is -0.0293. The van der Waals surface area contributed by atoms with Gasteiger partial charge in [0.25, 0.3) is 5.91 Å². The van der Waals surface area contributed by atoms with Crippen LogP contribution in [0.4, 0.5) is 0 Å². The van der Waals surface area contributed by atoms with Gasteiger partial charge < -0.3 is 10.2 Å². The second kappa shape index (κ2) is 4.69. The number of carbonyl (C=O) groups is 1. The van der Waals surface area contributed by atoms with E-state index in [1.165, 1.54) is 0 Å². The molecule has 2 rings (SSSR count). The first-order chi connectivity index (χ1) is 8.43. The van der Waals surface area contributed by atoms with Gasteiger partial charge in [-0.15, -0.1) is 0 Å². The first-order valence-corrected chi connectivity index (χ1v) is 6.30. The van der Waals surface area contributed by atoms with Gasteiger partial charge in [0.2, 0.25) is 0 Å². The summed E-state index contributed by atoms with van der Waals surface area (Å²) in [5, 5.41) is 3.10. The Labute approximate surface area is 108 Å². The van der Waals surface area contributed by atoms with Crippen LogP contribution in [0.1, 0.15) is 30.6 Å². The lowest BCUT2D eigenvalue weighted by atomic mass is 9.62. The van der Waals surface area contributed by atoms with Crippen molar-refractivity contribution in [3.63, 3.8) is 0 Å². The molecule has 4 heteroatoms. The van der Waals surface area contributed by atoms with Crippen LogP contribution in [-0.2, 0) is 0 Å². The zero-order valence-corrected chi connectivity index (χ0v) is 11.5. The number of hydrogen-bond donors (Lipinski definition) is 1. The van der Waals surface area contributed by atoms with Gasteiger partial charge in [0, 0.05) is 29.9 Å². The minimum absolute atomic E-state index is 0.0293. The molecule has 0 radical (unpaired) electrons. The van der Waals surface area contributed by atoms with E-state index in [4.69, 9.17) is 0 Å². The summed E-state index contributed by atoms with van der Waals surface area (Å²) in [6, 6.07) is 4.33. The smallest absolute Gasteiger partial charge is 0.253 e. The van der Waals surface area contributed by atoms with Crippen molar-refractivity contribution >= 4 is 5.91 Å². The lowest BCUT2D eigenvalue weighted by Crippen LogP contribution is -2.65. The third-order valence-corrected chi connectivity index (χ3v) is 4.07. The Morgan fingerprint density at radius 3 is 2.72 bits per heavy atom. The number of aromatic nitrogens is 1. The molecular formula is C14H21N3O. The normalized spacial score (nSPS) is 25.6. The second-order valence-electron chi connectivity index (χ2n) is 5.80. The fraction of sp³-hybridized carbons (Fsp3) is 0.571. The minimum atomic E-state index is -0.0293. The molecule has 0 bridgehead atoms. The van der Waals surface area contributed by atoms with Gasteiger partial charge in [0.05, 0.1) is 5.56 Å². The van der Waals surface area contributed by atoms with Crippen molar-refractivity contribution in [3.05, 3.63) is 30.1 Å². The predicted molar refractivity (Wildman–Crippen MR) is 71.4 cm³/mol. The van der Waals surface area contributed by atoms with Gasteiger partial charge in [0.1, 0.15) is 0 Å². The number of carbonyl (C=O) groups excluding carboxylic acids is 1. The maximum atomic E-state index is 12.0. The number of nitrogens with zero attached hydrogens (tertiary/aromatic N) is 2. The molecule has 1 N–H and O–H groups in total. The molecule has 2 atom stereocenters. The van der Waals surface area contributed by atoms with Gasteiger partial charge in [-0.3, -0.25) is 9.78 Å². The predicted octanol–water partition coefficient (Wildman–Crippen LogP) is 1.54. The van der Waals surface area contributed by atoms with Gasteiger partial charge in [-0.1, -0.05) is 13.8 Å². The van der Waals surface area contributed by atoms with Crippen molar-refractivity contribution in [1.82, 2.24) is 15.2 Å². The SMILES string of the molecule is CN(C)[C@@H]1C[C@H](NC(=O)c2cccnc2)C1(C)C. The summed E-state index contributed by atoms with van der Waals surface area (Å²) >= 11 is 0. The van der Waals surface area contributed by atoms with Gasteiger partial charge in [-0.25, -0.2) is 0 Å². The average molecular weight is 247 g/mol. The topological polar surface area (TPSA) is 45.2 Å². The van der Waals surface area contributed by atoms with Crippen LogP contribution in [0.3, 0.4) is 0 Å². The molecule has 1 aromatic heterocycles. The molecule has 98 valence electrons. The molecule has 1 heterocycles. The molecular weight excluding hydrogens is 226 g/mol. The van der Waals surface area contributed by atoms with E-state index in [0.29, 0.717) is 11.6 Å². The zero-order chi connectivity index (χ0) is 13.3. The highest BCUT2D eigenvalue weighted by molar-refractivity contribution is 5.94. The Bertz CT molecular complexity index is 428. The third kappa shape index (κ3) is 2.25. The Balaban J connectivity index is 1.99. The Morgan fingerprint density at radius 2 is 2.22 bits per heavy atom. The highest BCUT2D eigenvalue weighted by Gasteiger charge is 2.49. The van der Waals surface area contributed by atoms with Crippen molar-refractivity contribution in [2.45, 2.75) is 32.4 Å². The van der Waals surface area contributed by atoms with Gasteiger partial charge in [-0.05, 0) is 32.6 Å². The maximum Gasteiger partial charge on any atom is 0.253 e. The van der Waals surface area contributed by atoms with Crippen molar-refractivity contribution in [2.24, 2.45) is 5.41 Å². The monoisotopic (exact) mass is 247 g/mol. The quantitative estimate of drug-likeness (QED) is 0.881. The van der Waals surface area contributed by atoms with Crippen LogP contribution < -0.4 is 5.32 Å². The standard InChI is InChI=1S/C14H21N3O/c1-14(2)11(8-12(14)17(3)4)16-13(18)10-6-5-7-15-9-10/h5-7,9,11-12H,8H2,1-4H3,(H,16,18)/t11-,12+/m0/s1. The van der Waals surface area contributed by atoms with Crippen molar-refractivity contribution in [2.75, 3.05) is 14.1 Å². The first-order valence-electron chi connectivity index (χ1n) is 6.30. The number of amides is 1. The number of nitrogens with one attached hydrogen (secondary N) is 1. The van der Waals surface area contributed by atoms with E-state index < -0.39 is 0 Å². The van der Waals surface area contributed by atoms with E-state index in [1.54, 1.807) is 24.5 Å². The molecule has 0 spiro atoms. The van der Waals surface area contributed by atoms with Crippen LogP contribution in [0.15, 0.2) is 24.5 Å². The van der Waals surface area contributed by atoms with Crippen molar-refractivity contribution < 1.29 is 4.79 Å². The molecule has 1 aliphatic carbocycles. The van der Waals surface area contributed by atoms with Gasteiger partial charge in [0.15, 0.2) is 0 Å². The summed E-state index contributed by atoms with van der Waals surface area (Å²) in [7, 11) is 4.18. The van der Waals surface area contributed by atoms with Crippen LogP contribution in [-0.4, -0.2) is 42.0 Å². The molecule has 18 heavy (non-hydrogen) atoms. The Kier molecular flexibility index (Phi) is 3.39. The van der Waals surface area contributed by atoms with E-state index in [-0.39, 0.29) is 17.4 Å². The van der Waals surface area contributed by atoms with E-state index in [2.05, 4.69) is 43.1 Å². The van der Waals surface area contributed by atoms with Crippen molar-refractivity contribution in [1.29, 1.82) is 0 Å². The molecule has 0 saturated heterocycles. The summed E-state index contributed by atoms with van der Waals surface area (Å²) in [4.78, 5) is 18.2. The largest absolute Gasteiger partial charge is 0.349 e. The van der Waals surface area contributed by atoms with Crippen LogP contribution in [0, 0.1) is 5.41 Å². The number of rotatable bonds is 3. The summed E-state index contributed by atoms with van der Waals surface area (Å²) in [5.41, 5.74) is 0.739. The number of pyridine rings is 1. The minimum Gasteiger partial charge on any atom is -0.349 e. The zero-order valence-electron chi connectivity index (χ0n) is 11.5. The average Bonchev–Trinajstić information content (AvgIpc) is 2.34. The fourth-order valence-electron chi connectivity index (χ4n) is 2.76. The van der Waals surface area contributed by atoms with E-state index in [9.17, 15) is 4.79 Å². The highest BCUT2D eigenvalue weighted by Crippen LogP contribution is 2.43. The fourth-order valence-corrected chi connectivity index (χ4v) is 2.76. The van der Waals surface area contributed by atoms with E-state index in [0.717, 1.165) is 6.42 Å². The molecule has 1 saturated carbocycles. The molecule has 1 amide bonds. The van der Waals surface area contributed by atoms with Crippen LogP contribution in [0.25, 0.3) is 0 Å². The summed E-state index contributed by atoms with van der Waals surface area (Å²) < 4.78 is 0. The first kappa shape index (κ1) is 13.0. The molecule has 0 aromatic carbocycles. The molecule has 0 unspecified atom stereocenters. The van der Waals surface area contributed by atoms with Crippen LogP contribution in [0.2, 0.25) is 0 Å².